The molecule has 0 saturated carbocycles. The van der Waals surface area contributed by atoms with Crippen LogP contribution in [0.25, 0.3) is 0 Å². The quantitative estimate of drug-likeness (QED) is 0.756. The summed E-state index contributed by atoms with van der Waals surface area (Å²) in [5.74, 6) is -0.0842. The Morgan fingerprint density at radius 2 is 2.00 bits per heavy atom. The van der Waals surface area contributed by atoms with E-state index in [0.29, 0.717) is 12.0 Å². The van der Waals surface area contributed by atoms with Gasteiger partial charge in [-0.05, 0) is 43.4 Å². The molecule has 2 rings (SSSR count). The number of rotatable bonds is 7. The molecular formula is C17H21F2NO3. The third-order valence-corrected chi connectivity index (χ3v) is 3.76. The summed E-state index contributed by atoms with van der Waals surface area (Å²) < 4.78 is 28.4. The minimum absolute atomic E-state index is 0.0317. The van der Waals surface area contributed by atoms with Gasteiger partial charge in [-0.15, -0.1) is 0 Å². The Bertz CT molecular complexity index is 543. The number of ether oxygens (including phenoxy) is 1. The molecule has 1 aliphatic carbocycles. The van der Waals surface area contributed by atoms with Gasteiger partial charge in [-0.2, -0.15) is 8.78 Å². The average Bonchev–Trinajstić information content (AvgIpc) is 2.54. The van der Waals surface area contributed by atoms with Gasteiger partial charge in [0.2, 0.25) is 5.91 Å². The zero-order chi connectivity index (χ0) is 16.7. The number of carbonyl (C=O) groups is 1. The van der Waals surface area contributed by atoms with Crippen molar-refractivity contribution in [2.45, 2.75) is 44.8 Å². The van der Waals surface area contributed by atoms with Crippen LogP contribution in [0.2, 0.25) is 0 Å². The van der Waals surface area contributed by atoms with Crippen LogP contribution in [0.15, 0.2) is 35.9 Å². The Morgan fingerprint density at radius 1 is 1.26 bits per heavy atom. The molecule has 23 heavy (non-hydrogen) atoms. The number of alkyl halides is 2. The second-order valence-corrected chi connectivity index (χ2v) is 5.55. The predicted molar refractivity (Wildman–Crippen MR) is 82.2 cm³/mol. The maximum atomic E-state index is 12.1. The predicted octanol–water partition coefficient (Wildman–Crippen LogP) is 3.33. The molecule has 0 aromatic heterocycles. The van der Waals surface area contributed by atoms with Crippen molar-refractivity contribution in [1.82, 2.24) is 5.32 Å². The van der Waals surface area contributed by atoms with Crippen molar-refractivity contribution in [2.24, 2.45) is 0 Å². The Balaban J connectivity index is 1.78. The van der Waals surface area contributed by atoms with Gasteiger partial charge in [0.15, 0.2) is 0 Å². The van der Waals surface area contributed by atoms with E-state index in [0.717, 1.165) is 24.8 Å². The monoisotopic (exact) mass is 325 g/mol. The first-order valence-corrected chi connectivity index (χ1v) is 7.72. The average molecular weight is 325 g/mol. The molecule has 1 atom stereocenters. The SMILES string of the molecule is O=C(CC1=CCCCC1)NC[C@H](O)c1ccc(OC(F)F)cc1. The van der Waals surface area contributed by atoms with Crippen LogP contribution in [0.4, 0.5) is 8.78 Å². The first-order valence-electron chi connectivity index (χ1n) is 7.72. The van der Waals surface area contributed by atoms with E-state index in [2.05, 4.69) is 16.1 Å². The summed E-state index contributed by atoms with van der Waals surface area (Å²) in [4.78, 5) is 11.9. The largest absolute Gasteiger partial charge is 0.435 e. The number of hydrogen-bond acceptors (Lipinski definition) is 3. The van der Waals surface area contributed by atoms with Crippen LogP contribution in [0.3, 0.4) is 0 Å². The lowest BCUT2D eigenvalue weighted by Crippen LogP contribution is -2.28. The summed E-state index contributed by atoms with van der Waals surface area (Å²) in [5.41, 5.74) is 1.68. The zero-order valence-electron chi connectivity index (χ0n) is 12.8. The van der Waals surface area contributed by atoms with Crippen molar-refractivity contribution in [3.05, 3.63) is 41.5 Å². The van der Waals surface area contributed by atoms with Gasteiger partial charge in [0.25, 0.3) is 0 Å². The van der Waals surface area contributed by atoms with Crippen LogP contribution in [0, 0.1) is 0 Å². The summed E-state index contributed by atoms with van der Waals surface area (Å²) in [6.07, 6.45) is 5.87. The van der Waals surface area contributed by atoms with E-state index < -0.39 is 12.7 Å². The van der Waals surface area contributed by atoms with Gasteiger partial charge in [0, 0.05) is 13.0 Å². The van der Waals surface area contributed by atoms with Crippen LogP contribution in [0.1, 0.15) is 43.8 Å². The van der Waals surface area contributed by atoms with Crippen molar-refractivity contribution >= 4 is 5.91 Å². The number of nitrogens with one attached hydrogen (secondary N) is 1. The van der Waals surface area contributed by atoms with Crippen LogP contribution in [-0.2, 0) is 4.79 Å². The van der Waals surface area contributed by atoms with Gasteiger partial charge in [-0.25, -0.2) is 0 Å². The maximum Gasteiger partial charge on any atom is 0.387 e. The first kappa shape index (κ1) is 17.4. The van der Waals surface area contributed by atoms with Crippen LogP contribution < -0.4 is 10.1 Å². The molecule has 0 bridgehead atoms. The van der Waals surface area contributed by atoms with Crippen LogP contribution in [-0.4, -0.2) is 24.2 Å². The maximum absolute atomic E-state index is 12.1. The van der Waals surface area contributed by atoms with E-state index in [9.17, 15) is 18.7 Å². The van der Waals surface area contributed by atoms with E-state index in [-0.39, 0.29) is 18.2 Å². The molecule has 2 N–H and O–H groups in total. The molecule has 0 spiro atoms. The Morgan fingerprint density at radius 3 is 2.61 bits per heavy atom. The Labute approximate surface area is 134 Å². The highest BCUT2D eigenvalue weighted by molar-refractivity contribution is 5.78. The van der Waals surface area contributed by atoms with E-state index in [1.807, 2.05) is 0 Å². The van der Waals surface area contributed by atoms with Gasteiger partial charge in [0.05, 0.1) is 6.10 Å². The highest BCUT2D eigenvalue weighted by Crippen LogP contribution is 2.21. The standard InChI is InChI=1S/C17H21F2NO3/c18-17(19)23-14-8-6-13(7-9-14)15(21)11-20-16(22)10-12-4-2-1-3-5-12/h4,6-9,15,17,21H,1-3,5,10-11H2,(H,20,22)/t15-/m0/s1. The topological polar surface area (TPSA) is 58.6 Å². The van der Waals surface area contributed by atoms with Gasteiger partial charge < -0.3 is 15.2 Å². The number of benzene rings is 1. The fourth-order valence-electron chi connectivity index (χ4n) is 2.53. The summed E-state index contributed by atoms with van der Waals surface area (Å²) in [5, 5.41) is 12.7. The molecule has 126 valence electrons. The lowest BCUT2D eigenvalue weighted by atomic mass is 9.97. The molecular weight excluding hydrogens is 304 g/mol. The number of aliphatic hydroxyl groups excluding tert-OH is 1. The van der Waals surface area contributed by atoms with E-state index in [1.165, 1.54) is 30.7 Å². The van der Waals surface area contributed by atoms with Gasteiger partial charge in [-0.1, -0.05) is 23.8 Å². The molecule has 4 nitrogen and oxygen atoms in total. The lowest BCUT2D eigenvalue weighted by molar-refractivity contribution is -0.120. The molecule has 1 aromatic rings. The Kier molecular flexibility index (Phi) is 6.52. The van der Waals surface area contributed by atoms with Crippen molar-refractivity contribution in [2.75, 3.05) is 6.54 Å². The number of carbonyl (C=O) groups excluding carboxylic acids is 1. The minimum Gasteiger partial charge on any atom is -0.435 e. The van der Waals surface area contributed by atoms with E-state index in [4.69, 9.17) is 0 Å². The van der Waals surface area contributed by atoms with Crippen molar-refractivity contribution in [1.29, 1.82) is 0 Å². The van der Waals surface area contributed by atoms with Crippen molar-refractivity contribution in [3.8, 4) is 5.75 Å². The van der Waals surface area contributed by atoms with Gasteiger partial charge in [-0.3, -0.25) is 4.79 Å². The van der Waals surface area contributed by atoms with Gasteiger partial charge >= 0.3 is 6.61 Å². The number of aliphatic hydroxyl groups is 1. The van der Waals surface area contributed by atoms with Crippen molar-refractivity contribution in [3.63, 3.8) is 0 Å². The summed E-state index contributed by atoms with van der Waals surface area (Å²) in [6, 6.07) is 5.72. The third-order valence-electron chi connectivity index (χ3n) is 3.76. The zero-order valence-corrected chi connectivity index (χ0v) is 12.8. The van der Waals surface area contributed by atoms with Gasteiger partial charge in [0.1, 0.15) is 5.75 Å². The normalized spacial score (nSPS) is 15.9. The molecule has 0 heterocycles. The van der Waals surface area contributed by atoms with Crippen molar-refractivity contribution < 1.29 is 23.4 Å². The smallest absolute Gasteiger partial charge is 0.387 e. The molecule has 1 aromatic carbocycles. The second kappa shape index (κ2) is 8.62. The second-order valence-electron chi connectivity index (χ2n) is 5.55. The number of amides is 1. The molecule has 0 fully saturated rings. The summed E-state index contributed by atoms with van der Waals surface area (Å²) in [6.45, 7) is -2.79. The minimum atomic E-state index is -2.88. The molecule has 0 unspecified atom stereocenters. The van der Waals surface area contributed by atoms with E-state index >= 15 is 0 Å². The van der Waals surface area contributed by atoms with E-state index in [1.54, 1.807) is 0 Å². The summed E-state index contributed by atoms with van der Waals surface area (Å²) >= 11 is 0. The molecule has 0 aliphatic heterocycles. The molecule has 1 amide bonds. The number of hydrogen-bond donors (Lipinski definition) is 2. The molecule has 0 saturated heterocycles. The van der Waals surface area contributed by atoms with Crippen LogP contribution in [0.5, 0.6) is 5.75 Å². The molecule has 0 radical (unpaired) electrons. The number of halogens is 2. The number of allylic oxidation sites excluding steroid dienone is 1. The lowest BCUT2D eigenvalue weighted by Gasteiger charge is -2.15. The fraction of sp³-hybridized carbons (Fsp3) is 0.471. The fourth-order valence-corrected chi connectivity index (χ4v) is 2.53. The Hall–Kier alpha value is -1.95. The highest BCUT2D eigenvalue weighted by Gasteiger charge is 2.13. The van der Waals surface area contributed by atoms with Crippen LogP contribution >= 0.6 is 0 Å². The molecule has 6 heteroatoms. The molecule has 1 aliphatic rings. The first-order chi connectivity index (χ1) is 11.0. The third kappa shape index (κ3) is 5.98. The highest BCUT2D eigenvalue weighted by atomic mass is 19.3. The summed E-state index contributed by atoms with van der Waals surface area (Å²) in [7, 11) is 0.